The zero-order chi connectivity index (χ0) is 11.1. The van der Waals surface area contributed by atoms with E-state index in [4.69, 9.17) is 5.11 Å². The summed E-state index contributed by atoms with van der Waals surface area (Å²) in [7, 11) is 0. The van der Waals surface area contributed by atoms with Gasteiger partial charge in [0.05, 0.1) is 6.61 Å². The molecule has 15 heavy (non-hydrogen) atoms. The number of benzene rings is 1. The molecule has 0 unspecified atom stereocenters. The van der Waals surface area contributed by atoms with Gasteiger partial charge in [-0.1, -0.05) is 30.3 Å². The maximum atomic E-state index is 11.4. The van der Waals surface area contributed by atoms with Gasteiger partial charge in [-0.25, -0.2) is 0 Å². The van der Waals surface area contributed by atoms with Crippen LogP contribution in [0, 0.1) is 0 Å². The van der Waals surface area contributed by atoms with Crippen LogP contribution in [0.4, 0.5) is 0 Å². The third-order valence-corrected chi connectivity index (χ3v) is 1.94. The van der Waals surface area contributed by atoms with Gasteiger partial charge in [0.15, 0.2) is 0 Å². The fourth-order valence-electron chi connectivity index (χ4n) is 1.17. The first kappa shape index (κ1) is 11.5. The van der Waals surface area contributed by atoms with Crippen molar-refractivity contribution in [3.8, 4) is 0 Å². The molecule has 0 saturated carbocycles. The van der Waals surface area contributed by atoms with Crippen molar-refractivity contribution in [2.24, 2.45) is 0 Å². The Morgan fingerprint density at radius 1 is 1.40 bits per heavy atom. The Morgan fingerprint density at radius 2 is 2.07 bits per heavy atom. The Balaban J connectivity index is 2.63. The van der Waals surface area contributed by atoms with E-state index < -0.39 is 0 Å². The molecular weight excluding hydrogens is 190 g/mol. The van der Waals surface area contributed by atoms with Gasteiger partial charge in [-0.2, -0.15) is 0 Å². The Kier molecular flexibility index (Phi) is 4.57. The molecule has 80 valence electrons. The molecule has 0 fully saturated rings. The van der Waals surface area contributed by atoms with Gasteiger partial charge < -0.3 is 10.4 Å². The fourth-order valence-corrected chi connectivity index (χ4v) is 1.17. The summed E-state index contributed by atoms with van der Waals surface area (Å²) >= 11 is 0. The van der Waals surface area contributed by atoms with E-state index in [2.05, 4.69) is 5.32 Å². The number of aliphatic hydroxyl groups excluding tert-OH is 1. The summed E-state index contributed by atoms with van der Waals surface area (Å²) in [6, 6.07) is 9.64. The normalized spacial score (nSPS) is 11.2. The van der Waals surface area contributed by atoms with Gasteiger partial charge in [0.1, 0.15) is 0 Å². The van der Waals surface area contributed by atoms with Crippen molar-refractivity contribution in [3.63, 3.8) is 0 Å². The van der Waals surface area contributed by atoms with Gasteiger partial charge in [0.25, 0.3) is 0 Å². The van der Waals surface area contributed by atoms with Crippen molar-refractivity contribution in [2.45, 2.75) is 6.92 Å². The second-order valence-corrected chi connectivity index (χ2v) is 3.22. The molecule has 0 saturated heterocycles. The summed E-state index contributed by atoms with van der Waals surface area (Å²) in [5.41, 5.74) is 1.63. The number of nitrogens with one attached hydrogen (secondary N) is 1. The minimum atomic E-state index is -0.145. The number of hydrogen-bond donors (Lipinski definition) is 2. The van der Waals surface area contributed by atoms with Gasteiger partial charge in [0.2, 0.25) is 5.91 Å². The van der Waals surface area contributed by atoms with Gasteiger partial charge >= 0.3 is 0 Å². The van der Waals surface area contributed by atoms with Crippen LogP contribution in [0.3, 0.4) is 0 Å². The number of carbonyl (C=O) groups excluding carboxylic acids is 1. The molecule has 1 aromatic rings. The monoisotopic (exact) mass is 205 g/mol. The lowest BCUT2D eigenvalue weighted by Gasteiger charge is -2.02. The molecule has 3 heteroatoms. The fraction of sp³-hybridized carbons (Fsp3) is 0.250. The van der Waals surface area contributed by atoms with Crippen LogP contribution < -0.4 is 5.32 Å². The number of amides is 1. The summed E-state index contributed by atoms with van der Waals surface area (Å²) in [5, 5.41) is 11.1. The standard InChI is InChI=1S/C12H15NO2/c1-10(12(15)13-7-8-14)9-11-5-3-2-4-6-11/h2-6,9,14H,7-8H2,1H3,(H,13,15)/b10-9-. The van der Waals surface area contributed by atoms with Crippen LogP contribution in [0.15, 0.2) is 35.9 Å². The number of rotatable bonds is 4. The molecule has 0 bridgehead atoms. The van der Waals surface area contributed by atoms with Gasteiger partial charge in [0, 0.05) is 12.1 Å². The van der Waals surface area contributed by atoms with E-state index in [1.807, 2.05) is 36.4 Å². The van der Waals surface area contributed by atoms with E-state index in [0.29, 0.717) is 12.1 Å². The molecule has 0 spiro atoms. The lowest BCUT2D eigenvalue weighted by Crippen LogP contribution is -2.26. The maximum absolute atomic E-state index is 11.4. The first-order valence-electron chi connectivity index (χ1n) is 4.86. The largest absolute Gasteiger partial charge is 0.395 e. The predicted molar refractivity (Wildman–Crippen MR) is 60.2 cm³/mol. The zero-order valence-electron chi connectivity index (χ0n) is 8.73. The summed E-state index contributed by atoms with van der Waals surface area (Å²) in [6.07, 6.45) is 1.81. The molecule has 0 aliphatic rings. The van der Waals surface area contributed by atoms with Gasteiger partial charge in [-0.3, -0.25) is 4.79 Å². The van der Waals surface area contributed by atoms with Crippen LogP contribution in [0.1, 0.15) is 12.5 Å². The van der Waals surface area contributed by atoms with Crippen molar-refractivity contribution in [1.29, 1.82) is 0 Å². The second kappa shape index (κ2) is 5.98. The van der Waals surface area contributed by atoms with Gasteiger partial charge in [-0.15, -0.1) is 0 Å². The molecule has 0 atom stereocenters. The molecule has 0 radical (unpaired) electrons. The molecule has 0 heterocycles. The van der Waals surface area contributed by atoms with E-state index in [9.17, 15) is 4.79 Å². The highest BCUT2D eigenvalue weighted by atomic mass is 16.3. The lowest BCUT2D eigenvalue weighted by atomic mass is 10.1. The third kappa shape index (κ3) is 3.95. The Labute approximate surface area is 89.4 Å². The van der Waals surface area contributed by atoms with E-state index >= 15 is 0 Å². The van der Waals surface area contributed by atoms with Crippen LogP contribution >= 0.6 is 0 Å². The Hall–Kier alpha value is -1.61. The van der Waals surface area contributed by atoms with Crippen molar-refractivity contribution in [2.75, 3.05) is 13.2 Å². The second-order valence-electron chi connectivity index (χ2n) is 3.22. The van der Waals surface area contributed by atoms with Crippen molar-refractivity contribution in [3.05, 3.63) is 41.5 Å². The van der Waals surface area contributed by atoms with E-state index in [-0.39, 0.29) is 12.5 Å². The molecule has 1 rings (SSSR count). The molecule has 1 aromatic carbocycles. The van der Waals surface area contributed by atoms with Crippen molar-refractivity contribution < 1.29 is 9.90 Å². The van der Waals surface area contributed by atoms with Crippen LogP contribution in [-0.2, 0) is 4.79 Å². The van der Waals surface area contributed by atoms with Crippen LogP contribution in [0.5, 0.6) is 0 Å². The molecule has 0 aromatic heterocycles. The topological polar surface area (TPSA) is 49.3 Å². The molecule has 2 N–H and O–H groups in total. The van der Waals surface area contributed by atoms with Gasteiger partial charge in [-0.05, 0) is 18.6 Å². The minimum absolute atomic E-state index is 0.0373. The van der Waals surface area contributed by atoms with Crippen LogP contribution in [0.2, 0.25) is 0 Å². The SMILES string of the molecule is C/C(=C/c1ccccc1)C(=O)NCCO. The predicted octanol–water partition coefficient (Wildman–Crippen LogP) is 1.20. The highest BCUT2D eigenvalue weighted by Gasteiger charge is 2.01. The third-order valence-electron chi connectivity index (χ3n) is 1.94. The van der Waals surface area contributed by atoms with E-state index in [0.717, 1.165) is 5.56 Å². The average molecular weight is 205 g/mol. The lowest BCUT2D eigenvalue weighted by molar-refractivity contribution is -0.117. The zero-order valence-corrected chi connectivity index (χ0v) is 8.73. The first-order chi connectivity index (χ1) is 7.24. The smallest absolute Gasteiger partial charge is 0.247 e. The molecule has 1 amide bonds. The summed E-state index contributed by atoms with van der Waals surface area (Å²) in [4.78, 5) is 11.4. The molecule has 0 aliphatic heterocycles. The number of aliphatic hydroxyl groups is 1. The highest BCUT2D eigenvalue weighted by molar-refractivity contribution is 5.97. The summed E-state index contributed by atoms with van der Waals surface area (Å²) in [5.74, 6) is -0.145. The Bertz CT molecular complexity index is 344. The van der Waals surface area contributed by atoms with E-state index in [1.54, 1.807) is 6.92 Å². The Morgan fingerprint density at radius 3 is 2.67 bits per heavy atom. The van der Waals surface area contributed by atoms with Crippen LogP contribution in [0.25, 0.3) is 6.08 Å². The molecule has 3 nitrogen and oxygen atoms in total. The molecule has 0 aliphatic carbocycles. The van der Waals surface area contributed by atoms with Crippen molar-refractivity contribution >= 4 is 12.0 Å². The van der Waals surface area contributed by atoms with Crippen LogP contribution in [-0.4, -0.2) is 24.2 Å². The summed E-state index contributed by atoms with van der Waals surface area (Å²) in [6.45, 7) is 2.00. The molecular formula is C12H15NO2. The number of hydrogen-bond acceptors (Lipinski definition) is 2. The highest BCUT2D eigenvalue weighted by Crippen LogP contribution is 2.05. The maximum Gasteiger partial charge on any atom is 0.247 e. The minimum Gasteiger partial charge on any atom is -0.395 e. The quantitative estimate of drug-likeness (QED) is 0.726. The van der Waals surface area contributed by atoms with E-state index in [1.165, 1.54) is 0 Å². The summed E-state index contributed by atoms with van der Waals surface area (Å²) < 4.78 is 0. The first-order valence-corrected chi connectivity index (χ1v) is 4.86. The average Bonchev–Trinajstić information content (AvgIpc) is 2.27. The van der Waals surface area contributed by atoms with Crippen molar-refractivity contribution in [1.82, 2.24) is 5.32 Å². The number of carbonyl (C=O) groups is 1.